The molecule has 0 aliphatic carbocycles. The molecule has 2 heterocycles. The molecular formula is C27H22ClN3O2. The van der Waals surface area contributed by atoms with Crippen molar-refractivity contribution in [1.29, 1.82) is 0 Å². The molecule has 1 unspecified atom stereocenters. The second-order valence-electron chi connectivity index (χ2n) is 8.08. The molecule has 33 heavy (non-hydrogen) atoms. The molecule has 3 aromatic carbocycles. The van der Waals surface area contributed by atoms with Crippen LogP contribution < -0.4 is 5.56 Å². The molecular weight excluding hydrogens is 434 g/mol. The van der Waals surface area contributed by atoms with E-state index in [2.05, 4.69) is 4.98 Å². The Bertz CT molecular complexity index is 1510. The van der Waals surface area contributed by atoms with Crippen molar-refractivity contribution in [3.63, 3.8) is 0 Å². The van der Waals surface area contributed by atoms with E-state index in [9.17, 15) is 9.90 Å². The minimum Gasteiger partial charge on any atom is -0.382 e. The van der Waals surface area contributed by atoms with Gasteiger partial charge in [-0.25, -0.2) is 4.98 Å². The monoisotopic (exact) mass is 455 g/mol. The van der Waals surface area contributed by atoms with Gasteiger partial charge in [-0.05, 0) is 46.5 Å². The smallest absolute Gasteiger partial charge is 0.251 e. The molecule has 1 atom stereocenters. The third-order valence-corrected chi connectivity index (χ3v) is 6.18. The topological polar surface area (TPSA) is 60.1 Å². The second-order valence-corrected chi connectivity index (χ2v) is 8.51. The first-order valence-electron chi connectivity index (χ1n) is 10.6. The van der Waals surface area contributed by atoms with Crippen molar-refractivity contribution in [3.8, 4) is 11.1 Å². The normalized spacial score (nSPS) is 12.2. The zero-order valence-electron chi connectivity index (χ0n) is 18.0. The second kappa shape index (κ2) is 8.70. The molecule has 0 aliphatic heterocycles. The summed E-state index contributed by atoms with van der Waals surface area (Å²) in [6, 6.07) is 24.8. The standard InChI is InChI=1S/C27H22ClN3O2/c1-30-24-11-10-20(13-23(24)22(14-26(30)32)19-8-5-9-21(28)12-19)27(33)25-15-29-17-31(25)16-18-6-3-2-4-7-18/h2-15,17,27,33H,16H2,1H3. The number of hydrogen-bond donors (Lipinski definition) is 1. The van der Waals surface area contributed by atoms with E-state index < -0.39 is 6.10 Å². The number of nitrogens with zero attached hydrogens (tertiary/aromatic N) is 3. The van der Waals surface area contributed by atoms with Gasteiger partial charge in [-0.15, -0.1) is 0 Å². The van der Waals surface area contributed by atoms with Crippen LogP contribution in [0.15, 0.2) is 96.2 Å². The molecule has 0 radical (unpaired) electrons. The number of aromatic nitrogens is 3. The van der Waals surface area contributed by atoms with Crippen LogP contribution in [-0.2, 0) is 13.6 Å². The molecule has 5 aromatic rings. The quantitative estimate of drug-likeness (QED) is 0.397. The van der Waals surface area contributed by atoms with Crippen LogP contribution in [-0.4, -0.2) is 19.2 Å². The lowest BCUT2D eigenvalue weighted by atomic mass is 9.97. The van der Waals surface area contributed by atoms with Crippen molar-refractivity contribution >= 4 is 22.5 Å². The maximum atomic E-state index is 12.6. The third-order valence-electron chi connectivity index (χ3n) is 5.94. The largest absolute Gasteiger partial charge is 0.382 e. The molecule has 0 saturated carbocycles. The van der Waals surface area contributed by atoms with E-state index >= 15 is 0 Å². The van der Waals surface area contributed by atoms with Gasteiger partial charge >= 0.3 is 0 Å². The lowest BCUT2D eigenvalue weighted by Crippen LogP contribution is -2.16. The Morgan fingerprint density at radius 3 is 2.61 bits per heavy atom. The Hall–Kier alpha value is -3.67. The molecule has 5 nitrogen and oxygen atoms in total. The summed E-state index contributed by atoms with van der Waals surface area (Å²) in [4.78, 5) is 16.9. The average molecular weight is 456 g/mol. The number of pyridine rings is 1. The first kappa shape index (κ1) is 21.2. The van der Waals surface area contributed by atoms with Gasteiger partial charge in [0.05, 0.1) is 23.7 Å². The summed E-state index contributed by atoms with van der Waals surface area (Å²) in [7, 11) is 1.75. The molecule has 1 N–H and O–H groups in total. The predicted molar refractivity (Wildman–Crippen MR) is 131 cm³/mol. The summed E-state index contributed by atoms with van der Waals surface area (Å²) < 4.78 is 3.56. The first-order chi connectivity index (χ1) is 16.0. The first-order valence-corrected chi connectivity index (χ1v) is 11.0. The minimum atomic E-state index is -0.870. The van der Waals surface area contributed by atoms with E-state index in [1.807, 2.05) is 71.3 Å². The molecule has 0 amide bonds. The minimum absolute atomic E-state index is 0.105. The highest BCUT2D eigenvalue weighted by molar-refractivity contribution is 6.30. The number of aryl methyl sites for hydroxylation is 1. The van der Waals surface area contributed by atoms with Crippen LogP contribution in [0.5, 0.6) is 0 Å². The van der Waals surface area contributed by atoms with Crippen molar-refractivity contribution in [1.82, 2.24) is 14.1 Å². The van der Waals surface area contributed by atoms with Gasteiger partial charge < -0.3 is 14.2 Å². The Labute approximate surface area is 196 Å². The Morgan fingerprint density at radius 2 is 1.82 bits per heavy atom. The summed E-state index contributed by atoms with van der Waals surface area (Å²) in [6.07, 6.45) is 2.55. The van der Waals surface area contributed by atoms with Crippen LogP contribution in [0.3, 0.4) is 0 Å². The van der Waals surface area contributed by atoms with Crippen molar-refractivity contribution in [2.24, 2.45) is 7.05 Å². The Balaban J connectivity index is 1.60. The molecule has 164 valence electrons. The molecule has 6 heteroatoms. The fourth-order valence-corrected chi connectivity index (χ4v) is 4.38. The number of imidazole rings is 1. The number of aliphatic hydroxyl groups excluding tert-OH is 1. The third kappa shape index (κ3) is 4.09. The van der Waals surface area contributed by atoms with Crippen molar-refractivity contribution < 1.29 is 5.11 Å². The molecule has 0 spiro atoms. The van der Waals surface area contributed by atoms with Crippen LogP contribution in [0.4, 0.5) is 0 Å². The number of benzene rings is 3. The van der Waals surface area contributed by atoms with Crippen molar-refractivity contribution in [2.75, 3.05) is 0 Å². The van der Waals surface area contributed by atoms with E-state index in [1.54, 1.807) is 36.3 Å². The van der Waals surface area contributed by atoms with Crippen LogP contribution in [0.1, 0.15) is 22.9 Å². The molecule has 5 rings (SSSR count). The SMILES string of the molecule is Cn1c(=O)cc(-c2cccc(Cl)c2)c2cc(C(O)c3cncn3Cc3ccccc3)ccc21. The van der Waals surface area contributed by atoms with E-state index in [1.165, 1.54) is 0 Å². The van der Waals surface area contributed by atoms with E-state index in [4.69, 9.17) is 11.6 Å². The lowest BCUT2D eigenvalue weighted by molar-refractivity contribution is 0.210. The average Bonchev–Trinajstić information content (AvgIpc) is 3.29. The summed E-state index contributed by atoms with van der Waals surface area (Å²) in [6.45, 7) is 0.614. The van der Waals surface area contributed by atoms with Gasteiger partial charge in [0.2, 0.25) is 0 Å². The van der Waals surface area contributed by atoms with Gasteiger partial charge in [-0.3, -0.25) is 4.79 Å². The molecule has 0 aliphatic rings. The summed E-state index contributed by atoms with van der Waals surface area (Å²) >= 11 is 6.22. The van der Waals surface area contributed by atoms with Crippen LogP contribution in [0, 0.1) is 0 Å². The highest BCUT2D eigenvalue weighted by Crippen LogP contribution is 2.32. The van der Waals surface area contributed by atoms with E-state index in [0.717, 1.165) is 33.2 Å². The highest BCUT2D eigenvalue weighted by atomic mass is 35.5. The van der Waals surface area contributed by atoms with E-state index in [-0.39, 0.29) is 5.56 Å². The van der Waals surface area contributed by atoms with Gasteiger partial charge in [0.25, 0.3) is 5.56 Å². The summed E-state index contributed by atoms with van der Waals surface area (Å²) in [5.74, 6) is 0. The van der Waals surface area contributed by atoms with Crippen LogP contribution >= 0.6 is 11.6 Å². The maximum absolute atomic E-state index is 12.6. The van der Waals surface area contributed by atoms with Crippen molar-refractivity contribution in [3.05, 3.63) is 124 Å². The van der Waals surface area contributed by atoms with Gasteiger partial charge in [-0.1, -0.05) is 60.1 Å². The van der Waals surface area contributed by atoms with Gasteiger partial charge in [0, 0.05) is 30.1 Å². The number of aliphatic hydroxyl groups is 1. The molecule has 0 fully saturated rings. The van der Waals surface area contributed by atoms with Gasteiger partial charge in [0.15, 0.2) is 0 Å². The van der Waals surface area contributed by atoms with Crippen LogP contribution in [0.25, 0.3) is 22.0 Å². The predicted octanol–water partition coefficient (Wildman–Crippen LogP) is 5.19. The summed E-state index contributed by atoms with van der Waals surface area (Å²) in [5.41, 5.74) is 4.86. The zero-order chi connectivity index (χ0) is 22.9. The summed E-state index contributed by atoms with van der Waals surface area (Å²) in [5, 5.41) is 12.7. The Kier molecular flexibility index (Phi) is 5.58. The van der Waals surface area contributed by atoms with Crippen LogP contribution in [0.2, 0.25) is 5.02 Å². The van der Waals surface area contributed by atoms with Gasteiger partial charge in [-0.2, -0.15) is 0 Å². The molecule has 2 aromatic heterocycles. The van der Waals surface area contributed by atoms with E-state index in [0.29, 0.717) is 17.3 Å². The zero-order valence-corrected chi connectivity index (χ0v) is 18.8. The Morgan fingerprint density at radius 1 is 1.00 bits per heavy atom. The number of fused-ring (bicyclic) bond motifs is 1. The molecule has 0 saturated heterocycles. The number of halogens is 1. The number of hydrogen-bond acceptors (Lipinski definition) is 3. The number of rotatable bonds is 5. The maximum Gasteiger partial charge on any atom is 0.251 e. The molecule has 0 bridgehead atoms. The van der Waals surface area contributed by atoms with Gasteiger partial charge in [0.1, 0.15) is 6.10 Å². The lowest BCUT2D eigenvalue weighted by Gasteiger charge is -2.17. The van der Waals surface area contributed by atoms with Crippen molar-refractivity contribution in [2.45, 2.75) is 12.6 Å². The fraction of sp³-hybridized carbons (Fsp3) is 0.111. The highest BCUT2D eigenvalue weighted by Gasteiger charge is 2.18. The fourth-order valence-electron chi connectivity index (χ4n) is 4.19.